The van der Waals surface area contributed by atoms with Gasteiger partial charge in [-0.1, -0.05) is 111 Å². The molecule has 1 fully saturated rings. The number of pyridine rings is 2. The second kappa shape index (κ2) is 16.1. The highest BCUT2D eigenvalue weighted by Gasteiger charge is 2.24. The molecule has 0 saturated heterocycles. The van der Waals surface area contributed by atoms with Crippen LogP contribution in [0.1, 0.15) is 70.6 Å². The molecule has 0 bridgehead atoms. The molecule has 49 heavy (non-hydrogen) atoms. The van der Waals surface area contributed by atoms with Crippen LogP contribution in [-0.2, 0) is 4.79 Å². The number of benzene rings is 4. The number of anilines is 2. The number of hydrogen-bond donors (Lipinski definition) is 2. The van der Waals surface area contributed by atoms with Gasteiger partial charge in [0.05, 0.1) is 33.4 Å². The Morgan fingerprint density at radius 1 is 0.531 bits per heavy atom. The van der Waals surface area contributed by atoms with Crippen LogP contribution < -0.4 is 10.6 Å². The molecule has 0 aliphatic heterocycles. The molecule has 252 valence electrons. The Balaban J connectivity index is 1.01. The third-order valence-electron chi connectivity index (χ3n) is 10.3. The number of fused-ring (bicyclic) bond motifs is 4. The Bertz CT molecular complexity index is 1910. The molecule has 0 unspecified atom stereocenters. The maximum Gasteiger partial charge on any atom is 0.225 e. The van der Waals surface area contributed by atoms with E-state index in [1.165, 1.54) is 38.5 Å². The minimum absolute atomic E-state index is 0.159. The van der Waals surface area contributed by atoms with Crippen LogP contribution in [-0.4, -0.2) is 47.0 Å². The summed E-state index contributed by atoms with van der Waals surface area (Å²) in [6.07, 6.45) is 12.4. The molecular formula is C43H49N5O. The summed E-state index contributed by atoms with van der Waals surface area (Å²) in [7, 11) is 0. The highest BCUT2D eigenvalue weighted by atomic mass is 16.2. The summed E-state index contributed by atoms with van der Waals surface area (Å²) in [6, 6.07) is 33.5. The molecule has 4 aromatic carbocycles. The van der Waals surface area contributed by atoms with Crippen molar-refractivity contribution in [3.63, 3.8) is 0 Å². The molecule has 1 amide bonds. The molecule has 6 aromatic rings. The van der Waals surface area contributed by atoms with Crippen LogP contribution >= 0.6 is 0 Å². The fourth-order valence-electron chi connectivity index (χ4n) is 7.66. The summed E-state index contributed by atoms with van der Waals surface area (Å²) in [5.41, 5.74) is 6.32. The third-order valence-corrected chi connectivity index (χ3v) is 10.3. The summed E-state index contributed by atoms with van der Waals surface area (Å²) in [4.78, 5) is 26.1. The number of hydrogen-bond acceptors (Lipinski definition) is 5. The molecular weight excluding hydrogens is 603 g/mol. The van der Waals surface area contributed by atoms with E-state index in [4.69, 9.17) is 9.97 Å². The Hall–Kier alpha value is -4.71. The number of para-hydroxylation sites is 4. The quantitative estimate of drug-likeness (QED) is 0.102. The molecule has 1 aliphatic carbocycles. The van der Waals surface area contributed by atoms with Gasteiger partial charge in [0.15, 0.2) is 0 Å². The van der Waals surface area contributed by atoms with Gasteiger partial charge in [0, 0.05) is 53.6 Å². The van der Waals surface area contributed by atoms with Gasteiger partial charge in [-0.15, -0.1) is 0 Å². The Labute approximate surface area is 290 Å². The smallest absolute Gasteiger partial charge is 0.225 e. The van der Waals surface area contributed by atoms with E-state index in [9.17, 15) is 4.79 Å². The van der Waals surface area contributed by atoms with Crippen LogP contribution in [0.5, 0.6) is 0 Å². The number of nitrogens with zero attached hydrogens (tertiary/aromatic N) is 3. The van der Waals surface area contributed by atoms with Crippen LogP contribution in [0.3, 0.4) is 0 Å². The first kappa shape index (κ1) is 32.8. The lowest BCUT2D eigenvalue weighted by molar-refractivity contribution is -0.136. The van der Waals surface area contributed by atoms with Crippen molar-refractivity contribution in [1.29, 1.82) is 0 Å². The highest BCUT2D eigenvalue weighted by molar-refractivity contribution is 6.08. The zero-order valence-corrected chi connectivity index (χ0v) is 28.7. The van der Waals surface area contributed by atoms with Gasteiger partial charge in [-0.25, -0.2) is 9.97 Å². The van der Waals surface area contributed by atoms with Crippen molar-refractivity contribution < 1.29 is 4.79 Å². The van der Waals surface area contributed by atoms with Gasteiger partial charge in [-0.05, 0) is 56.4 Å². The van der Waals surface area contributed by atoms with Gasteiger partial charge in [0.25, 0.3) is 0 Å². The second-order valence-corrected chi connectivity index (χ2v) is 13.7. The number of carbonyl (C=O) groups excluding carboxylic acids is 1. The average molecular weight is 652 g/mol. The standard InChI is InChI=1S/C43H49N5O/c49-43(32-18-5-3-1-2-4-6-19-32)48(31-17-29-45-42-35-22-9-13-26-39(35)47-40-27-14-10-23-36(40)42)30-16-15-28-44-41-33-20-7-11-24-37(33)46-38-25-12-8-21-34(38)41/h7-14,20-27,32H,1-6,15-19,28-31H2,(H,44,46)(H,45,47). The molecule has 0 atom stereocenters. The molecule has 0 spiro atoms. The number of amides is 1. The lowest BCUT2D eigenvalue weighted by Crippen LogP contribution is -2.38. The van der Waals surface area contributed by atoms with Crippen molar-refractivity contribution in [3.05, 3.63) is 97.1 Å². The largest absolute Gasteiger partial charge is 0.384 e. The molecule has 0 radical (unpaired) electrons. The fourth-order valence-corrected chi connectivity index (χ4v) is 7.66. The van der Waals surface area contributed by atoms with Gasteiger partial charge >= 0.3 is 0 Å². The topological polar surface area (TPSA) is 70.2 Å². The van der Waals surface area contributed by atoms with E-state index in [1.54, 1.807) is 0 Å². The molecule has 6 nitrogen and oxygen atoms in total. The van der Waals surface area contributed by atoms with Crippen LogP contribution in [0, 0.1) is 5.92 Å². The second-order valence-electron chi connectivity index (χ2n) is 13.7. The van der Waals surface area contributed by atoms with E-state index >= 15 is 0 Å². The fraction of sp³-hybridized carbons (Fsp3) is 0.372. The van der Waals surface area contributed by atoms with E-state index in [0.717, 1.165) is 113 Å². The summed E-state index contributed by atoms with van der Waals surface area (Å²) < 4.78 is 0. The molecule has 7 rings (SSSR count). The predicted octanol–water partition coefficient (Wildman–Crippen LogP) is 10.4. The number of nitrogens with one attached hydrogen (secondary N) is 2. The van der Waals surface area contributed by atoms with E-state index in [2.05, 4.69) is 88.3 Å². The van der Waals surface area contributed by atoms with Crippen molar-refractivity contribution in [2.75, 3.05) is 36.8 Å². The van der Waals surface area contributed by atoms with Crippen molar-refractivity contribution >= 4 is 60.9 Å². The molecule has 1 saturated carbocycles. The Kier molecular flexibility index (Phi) is 10.8. The molecule has 6 heteroatoms. The van der Waals surface area contributed by atoms with E-state index < -0.39 is 0 Å². The van der Waals surface area contributed by atoms with E-state index in [1.807, 2.05) is 24.3 Å². The van der Waals surface area contributed by atoms with Crippen LogP contribution in [0.25, 0.3) is 43.6 Å². The van der Waals surface area contributed by atoms with Crippen LogP contribution in [0.4, 0.5) is 11.4 Å². The lowest BCUT2D eigenvalue weighted by atomic mass is 9.95. The van der Waals surface area contributed by atoms with Crippen molar-refractivity contribution in [2.45, 2.75) is 70.6 Å². The number of rotatable bonds is 12. The molecule has 2 aromatic heterocycles. The van der Waals surface area contributed by atoms with Gasteiger partial charge in [-0.3, -0.25) is 4.79 Å². The van der Waals surface area contributed by atoms with Crippen molar-refractivity contribution in [1.82, 2.24) is 14.9 Å². The van der Waals surface area contributed by atoms with E-state index in [-0.39, 0.29) is 5.92 Å². The minimum Gasteiger partial charge on any atom is -0.384 e. The zero-order valence-electron chi connectivity index (χ0n) is 28.7. The van der Waals surface area contributed by atoms with Crippen molar-refractivity contribution in [3.8, 4) is 0 Å². The first-order valence-electron chi connectivity index (χ1n) is 18.6. The van der Waals surface area contributed by atoms with E-state index in [0.29, 0.717) is 5.91 Å². The molecule has 2 heterocycles. The first-order valence-corrected chi connectivity index (χ1v) is 18.6. The Morgan fingerprint density at radius 2 is 0.918 bits per heavy atom. The maximum atomic E-state index is 14.1. The number of carbonyl (C=O) groups is 1. The molecule has 2 N–H and O–H groups in total. The predicted molar refractivity (Wildman–Crippen MR) is 206 cm³/mol. The van der Waals surface area contributed by atoms with Crippen LogP contribution in [0.15, 0.2) is 97.1 Å². The van der Waals surface area contributed by atoms with Gasteiger partial charge < -0.3 is 15.5 Å². The third kappa shape index (κ3) is 7.80. The lowest BCUT2D eigenvalue weighted by Gasteiger charge is -2.28. The normalized spacial score (nSPS) is 14.4. The monoisotopic (exact) mass is 651 g/mol. The number of aromatic nitrogens is 2. The minimum atomic E-state index is 0.159. The van der Waals surface area contributed by atoms with Crippen LogP contribution in [0.2, 0.25) is 0 Å². The SMILES string of the molecule is O=C(C1CCCCCCCC1)N(CCCCNc1c2ccccc2nc2ccccc12)CCCNc1c2ccccc2nc2ccccc12. The summed E-state index contributed by atoms with van der Waals surface area (Å²) in [5.74, 6) is 0.535. The zero-order chi connectivity index (χ0) is 33.3. The first-order chi connectivity index (χ1) is 24.3. The van der Waals surface area contributed by atoms with Gasteiger partial charge in [0.1, 0.15) is 0 Å². The highest BCUT2D eigenvalue weighted by Crippen LogP contribution is 2.32. The summed E-state index contributed by atoms with van der Waals surface area (Å²) in [6.45, 7) is 3.23. The van der Waals surface area contributed by atoms with Gasteiger partial charge in [0.2, 0.25) is 5.91 Å². The summed E-state index contributed by atoms with van der Waals surface area (Å²) in [5, 5.41) is 12.1. The van der Waals surface area contributed by atoms with Crippen molar-refractivity contribution in [2.24, 2.45) is 5.92 Å². The Morgan fingerprint density at radius 3 is 1.39 bits per heavy atom. The average Bonchev–Trinajstić information content (AvgIpc) is 3.29. The maximum absolute atomic E-state index is 14.1. The summed E-state index contributed by atoms with van der Waals surface area (Å²) >= 11 is 0. The number of unbranched alkanes of at least 4 members (excludes halogenated alkanes) is 1. The van der Waals surface area contributed by atoms with Gasteiger partial charge in [-0.2, -0.15) is 0 Å². The molecule has 1 aliphatic rings.